The fourth-order valence-electron chi connectivity index (χ4n) is 3.67. The van der Waals surface area contributed by atoms with Gasteiger partial charge in [-0.2, -0.15) is 0 Å². The van der Waals surface area contributed by atoms with Crippen molar-refractivity contribution in [1.29, 1.82) is 0 Å². The molecule has 154 valence electrons. The van der Waals surface area contributed by atoms with Gasteiger partial charge in [0.2, 0.25) is 0 Å². The number of thiophene rings is 1. The number of nitrogens with one attached hydrogen (secondary N) is 2. The number of aromatic amines is 1. The number of anilines is 2. The lowest BCUT2D eigenvalue weighted by molar-refractivity contribution is 0.0790. The van der Waals surface area contributed by atoms with Crippen molar-refractivity contribution in [3.8, 4) is 0 Å². The highest BCUT2D eigenvalue weighted by atomic mass is 32.1. The van der Waals surface area contributed by atoms with Crippen LogP contribution in [0.4, 0.5) is 11.4 Å². The van der Waals surface area contributed by atoms with Gasteiger partial charge in [0, 0.05) is 54.5 Å². The fraction of sp³-hybridized carbons (Fsp3) is 0.125. The molecule has 5 aromatic rings. The third-order valence-electron chi connectivity index (χ3n) is 5.17. The number of carbonyl (C=O) groups is 1. The van der Waals surface area contributed by atoms with Gasteiger partial charge in [-0.1, -0.05) is 0 Å². The summed E-state index contributed by atoms with van der Waals surface area (Å²) in [6.45, 7) is 2.58. The summed E-state index contributed by atoms with van der Waals surface area (Å²) >= 11 is 1.46. The second kappa shape index (κ2) is 7.85. The minimum Gasteiger partial charge on any atom is -0.359 e. The fourth-order valence-corrected chi connectivity index (χ4v) is 4.75. The molecule has 7 heteroatoms. The molecule has 31 heavy (non-hydrogen) atoms. The molecule has 0 atom stereocenters. The quantitative estimate of drug-likeness (QED) is 0.389. The number of amides is 1. The molecule has 1 aromatic carbocycles. The molecule has 0 aliphatic rings. The van der Waals surface area contributed by atoms with E-state index >= 15 is 0 Å². The van der Waals surface area contributed by atoms with Crippen molar-refractivity contribution in [2.45, 2.75) is 13.5 Å². The molecule has 0 aliphatic heterocycles. The molecule has 4 heterocycles. The molecule has 6 nitrogen and oxygen atoms in total. The number of nitrogens with zero attached hydrogens (tertiary/aromatic N) is 3. The van der Waals surface area contributed by atoms with E-state index in [2.05, 4.69) is 45.4 Å². The number of benzene rings is 1. The summed E-state index contributed by atoms with van der Waals surface area (Å²) in [7, 11) is 1.81. The lowest BCUT2D eigenvalue weighted by atomic mass is 10.2. The molecule has 0 fully saturated rings. The van der Waals surface area contributed by atoms with Gasteiger partial charge in [-0.25, -0.2) is 0 Å². The molecule has 0 aliphatic carbocycles. The summed E-state index contributed by atoms with van der Waals surface area (Å²) in [6.07, 6.45) is 5.24. The molecular weight excluding hydrogens is 406 g/mol. The van der Waals surface area contributed by atoms with Crippen LogP contribution in [0.3, 0.4) is 0 Å². The predicted octanol–water partition coefficient (Wildman–Crippen LogP) is 5.50. The summed E-state index contributed by atoms with van der Waals surface area (Å²) in [5, 5.41) is 4.65. The van der Waals surface area contributed by atoms with E-state index in [1.807, 2.05) is 37.4 Å². The van der Waals surface area contributed by atoms with E-state index in [1.165, 1.54) is 11.3 Å². The highest BCUT2D eigenvalue weighted by Crippen LogP contribution is 2.33. The van der Waals surface area contributed by atoms with Crippen LogP contribution in [0, 0.1) is 6.92 Å². The summed E-state index contributed by atoms with van der Waals surface area (Å²) in [5.41, 5.74) is 6.05. The molecule has 0 unspecified atom stereocenters. The van der Waals surface area contributed by atoms with Crippen LogP contribution in [0.1, 0.15) is 20.9 Å². The first-order chi connectivity index (χ1) is 15.1. The number of rotatable bonds is 5. The zero-order valence-corrected chi connectivity index (χ0v) is 18.0. The van der Waals surface area contributed by atoms with Crippen molar-refractivity contribution in [3.05, 3.63) is 83.3 Å². The van der Waals surface area contributed by atoms with Gasteiger partial charge in [-0.3, -0.25) is 14.8 Å². The lowest BCUT2D eigenvalue weighted by Crippen LogP contribution is -2.25. The van der Waals surface area contributed by atoms with Gasteiger partial charge in [-0.15, -0.1) is 11.3 Å². The van der Waals surface area contributed by atoms with Gasteiger partial charge >= 0.3 is 0 Å². The molecule has 0 spiro atoms. The van der Waals surface area contributed by atoms with Gasteiger partial charge in [0.1, 0.15) is 0 Å². The van der Waals surface area contributed by atoms with Crippen molar-refractivity contribution < 1.29 is 4.79 Å². The first-order valence-electron chi connectivity index (χ1n) is 9.96. The van der Waals surface area contributed by atoms with Gasteiger partial charge < -0.3 is 15.2 Å². The first kappa shape index (κ1) is 19.3. The smallest absolute Gasteiger partial charge is 0.264 e. The van der Waals surface area contributed by atoms with Gasteiger partial charge in [0.05, 0.1) is 20.8 Å². The first-order valence-corrected chi connectivity index (χ1v) is 10.8. The van der Waals surface area contributed by atoms with Gasteiger partial charge in [0.25, 0.3) is 5.91 Å². The largest absolute Gasteiger partial charge is 0.359 e. The van der Waals surface area contributed by atoms with Gasteiger partial charge in [0.15, 0.2) is 0 Å². The maximum absolute atomic E-state index is 13.0. The van der Waals surface area contributed by atoms with E-state index in [0.717, 1.165) is 43.8 Å². The maximum atomic E-state index is 13.0. The van der Waals surface area contributed by atoms with Crippen LogP contribution in [-0.4, -0.2) is 32.8 Å². The van der Waals surface area contributed by atoms with E-state index < -0.39 is 0 Å². The normalized spacial score (nSPS) is 11.2. The number of H-pyrrole nitrogens is 1. The number of fused-ring (bicyclic) bond motifs is 2. The molecule has 0 bridgehead atoms. The average Bonchev–Trinajstić information content (AvgIpc) is 3.37. The maximum Gasteiger partial charge on any atom is 0.264 e. The van der Waals surface area contributed by atoms with Crippen LogP contribution in [0.5, 0.6) is 0 Å². The topological polar surface area (TPSA) is 73.9 Å². The van der Waals surface area contributed by atoms with E-state index in [9.17, 15) is 4.79 Å². The second-order valence-corrected chi connectivity index (χ2v) is 8.63. The van der Waals surface area contributed by atoms with Crippen molar-refractivity contribution in [2.75, 3.05) is 12.4 Å². The Morgan fingerprint density at radius 1 is 1.10 bits per heavy atom. The highest BCUT2D eigenvalue weighted by molar-refractivity contribution is 7.21. The summed E-state index contributed by atoms with van der Waals surface area (Å²) < 4.78 is 0.966. The molecule has 1 amide bonds. The zero-order chi connectivity index (χ0) is 21.4. The van der Waals surface area contributed by atoms with Crippen molar-refractivity contribution >= 4 is 49.7 Å². The third kappa shape index (κ3) is 3.87. The van der Waals surface area contributed by atoms with Crippen molar-refractivity contribution in [1.82, 2.24) is 19.9 Å². The monoisotopic (exact) mass is 427 g/mol. The Morgan fingerprint density at radius 2 is 1.94 bits per heavy atom. The number of hydrogen-bond acceptors (Lipinski definition) is 5. The van der Waals surface area contributed by atoms with Crippen LogP contribution in [0.15, 0.2) is 67.1 Å². The molecule has 2 N–H and O–H groups in total. The molecule has 0 saturated heterocycles. The molecule has 0 saturated carbocycles. The average molecular weight is 428 g/mol. The molecular formula is C24H21N5OS. The minimum absolute atomic E-state index is 0.0185. The summed E-state index contributed by atoms with van der Waals surface area (Å²) in [4.78, 5) is 27.2. The number of pyridine rings is 2. The summed E-state index contributed by atoms with van der Waals surface area (Å²) in [5.74, 6) is -0.0185. The van der Waals surface area contributed by atoms with E-state index in [0.29, 0.717) is 11.4 Å². The molecule has 4 aromatic heterocycles. The second-order valence-electron chi connectivity index (χ2n) is 7.58. The SMILES string of the molecule is Cc1cc2cc(Nc3ccnc4cc(C(=O)N(C)Cc5ccncc5)sc34)ccc2[nH]1. The van der Waals surface area contributed by atoms with Crippen LogP contribution in [0.2, 0.25) is 0 Å². The van der Waals surface area contributed by atoms with Crippen LogP contribution in [0.25, 0.3) is 21.1 Å². The van der Waals surface area contributed by atoms with E-state index in [1.54, 1.807) is 23.5 Å². The Kier molecular flexibility index (Phi) is 4.88. The number of hydrogen-bond donors (Lipinski definition) is 2. The molecule has 0 radical (unpaired) electrons. The number of aryl methyl sites for hydroxylation is 1. The summed E-state index contributed by atoms with van der Waals surface area (Å²) in [6, 6.07) is 16.0. The van der Waals surface area contributed by atoms with Crippen LogP contribution in [-0.2, 0) is 6.54 Å². The lowest BCUT2D eigenvalue weighted by Gasteiger charge is -2.16. The third-order valence-corrected chi connectivity index (χ3v) is 6.32. The minimum atomic E-state index is -0.0185. The van der Waals surface area contributed by atoms with Gasteiger partial charge in [-0.05, 0) is 61.0 Å². The predicted molar refractivity (Wildman–Crippen MR) is 126 cm³/mol. The van der Waals surface area contributed by atoms with E-state index in [4.69, 9.17) is 0 Å². The number of aromatic nitrogens is 3. The Balaban J connectivity index is 1.42. The Morgan fingerprint density at radius 3 is 2.77 bits per heavy atom. The Labute approximate surface area is 183 Å². The zero-order valence-electron chi connectivity index (χ0n) is 17.2. The van der Waals surface area contributed by atoms with E-state index in [-0.39, 0.29) is 5.91 Å². The van der Waals surface area contributed by atoms with Crippen molar-refractivity contribution in [2.24, 2.45) is 0 Å². The van der Waals surface area contributed by atoms with Crippen molar-refractivity contribution in [3.63, 3.8) is 0 Å². The van der Waals surface area contributed by atoms with Crippen LogP contribution >= 0.6 is 11.3 Å². The Bertz CT molecular complexity index is 1390. The standard InChI is InChI=1S/C24H21N5OS/c1-15-11-17-12-18(3-4-19(17)27-15)28-20-7-10-26-21-13-22(31-23(20)21)24(30)29(2)14-16-5-8-25-9-6-16/h3-13,27H,14H2,1-2H3,(H,26,28). The number of carbonyl (C=O) groups excluding carboxylic acids is 1. The Hall–Kier alpha value is -3.71. The highest BCUT2D eigenvalue weighted by Gasteiger charge is 2.17. The van der Waals surface area contributed by atoms with Crippen LogP contribution < -0.4 is 5.32 Å². The molecule has 5 rings (SSSR count).